The number of nitriles is 2. The van der Waals surface area contributed by atoms with Crippen LogP contribution in [0.25, 0.3) is 0 Å². The summed E-state index contributed by atoms with van der Waals surface area (Å²) in [6.45, 7) is -0.488. The van der Waals surface area contributed by atoms with E-state index in [-0.39, 0.29) is 6.42 Å². The van der Waals surface area contributed by atoms with Crippen molar-refractivity contribution in [2.75, 3.05) is 11.9 Å². The van der Waals surface area contributed by atoms with E-state index >= 15 is 0 Å². The zero-order valence-corrected chi connectivity index (χ0v) is 9.33. The lowest BCUT2D eigenvalue weighted by Gasteiger charge is -2.14. The Labute approximate surface area is 102 Å². The van der Waals surface area contributed by atoms with Crippen LogP contribution in [-0.2, 0) is 6.42 Å². The quantitative estimate of drug-likeness (QED) is 0.897. The number of anilines is 1. The second-order valence-corrected chi connectivity index (χ2v) is 3.64. The molecule has 0 spiro atoms. The molecule has 0 radical (unpaired) electrons. The molecule has 94 valence electrons. The third kappa shape index (κ3) is 3.99. The maximum Gasteiger partial charge on any atom is 0.406 e. The molecule has 0 saturated heterocycles. The highest BCUT2D eigenvalue weighted by molar-refractivity contribution is 5.45. The number of hydrogen-bond donors (Lipinski definition) is 1. The summed E-state index contributed by atoms with van der Waals surface area (Å²) in [6, 6.07) is 9.65. The van der Waals surface area contributed by atoms with E-state index in [1.807, 2.05) is 6.07 Å². The molecule has 1 aromatic carbocycles. The van der Waals surface area contributed by atoms with Crippen LogP contribution in [0.4, 0.5) is 18.9 Å². The van der Waals surface area contributed by atoms with Gasteiger partial charge in [0.25, 0.3) is 0 Å². The minimum Gasteiger partial charge on any atom is -0.383 e. The molecule has 1 N–H and O–H groups in total. The van der Waals surface area contributed by atoms with Crippen LogP contribution in [0.1, 0.15) is 5.56 Å². The van der Waals surface area contributed by atoms with E-state index in [4.69, 9.17) is 10.5 Å². The lowest BCUT2D eigenvalue weighted by atomic mass is 10.1. The van der Waals surface area contributed by atoms with Crippen LogP contribution in [-0.4, -0.2) is 12.7 Å². The van der Waals surface area contributed by atoms with Crippen LogP contribution < -0.4 is 5.32 Å². The molecule has 1 atom stereocenters. The Morgan fingerprint density at radius 2 is 1.78 bits per heavy atom. The molecular formula is C12H10F3N3. The number of halogens is 3. The second-order valence-electron chi connectivity index (χ2n) is 3.64. The molecule has 0 amide bonds. The highest BCUT2D eigenvalue weighted by atomic mass is 19.4. The summed E-state index contributed by atoms with van der Waals surface area (Å²) in [4.78, 5) is 0. The first-order valence-corrected chi connectivity index (χ1v) is 5.13. The number of rotatable bonds is 4. The first-order chi connectivity index (χ1) is 8.47. The Balaban J connectivity index is 2.59. The highest BCUT2D eigenvalue weighted by Gasteiger charge is 2.39. The van der Waals surface area contributed by atoms with E-state index in [1.165, 1.54) is 6.07 Å². The third-order valence-electron chi connectivity index (χ3n) is 2.30. The number of alkyl halides is 3. The van der Waals surface area contributed by atoms with Gasteiger partial charge in [-0.3, -0.25) is 0 Å². The Kier molecular flexibility index (Phi) is 4.56. The Morgan fingerprint density at radius 3 is 2.22 bits per heavy atom. The molecule has 3 nitrogen and oxygen atoms in total. The fourth-order valence-electron chi connectivity index (χ4n) is 1.29. The van der Waals surface area contributed by atoms with E-state index in [1.54, 1.807) is 24.3 Å². The van der Waals surface area contributed by atoms with Gasteiger partial charge in [0, 0.05) is 12.2 Å². The molecule has 0 aromatic heterocycles. The average Bonchev–Trinajstić information content (AvgIpc) is 2.30. The predicted octanol–water partition coefficient (Wildman–Crippen LogP) is 2.87. The van der Waals surface area contributed by atoms with Gasteiger partial charge in [-0.05, 0) is 17.7 Å². The SMILES string of the molecule is N#CCc1ccc(NCC(C#N)C(F)(F)F)cc1. The largest absolute Gasteiger partial charge is 0.406 e. The smallest absolute Gasteiger partial charge is 0.383 e. The molecule has 0 heterocycles. The number of hydrogen-bond acceptors (Lipinski definition) is 3. The molecule has 0 aliphatic rings. The summed E-state index contributed by atoms with van der Waals surface area (Å²) in [5, 5.41) is 19.4. The van der Waals surface area contributed by atoms with Gasteiger partial charge in [-0.1, -0.05) is 12.1 Å². The number of nitrogens with one attached hydrogen (secondary N) is 1. The zero-order chi connectivity index (χ0) is 13.6. The topological polar surface area (TPSA) is 59.6 Å². The van der Waals surface area contributed by atoms with Crippen molar-refractivity contribution in [1.29, 1.82) is 10.5 Å². The van der Waals surface area contributed by atoms with Crippen LogP contribution in [0.2, 0.25) is 0 Å². The first kappa shape index (κ1) is 13.9. The fourth-order valence-corrected chi connectivity index (χ4v) is 1.29. The number of nitrogens with zero attached hydrogens (tertiary/aromatic N) is 2. The molecule has 0 bridgehead atoms. The second kappa shape index (κ2) is 5.92. The van der Waals surface area contributed by atoms with Gasteiger partial charge < -0.3 is 5.32 Å². The van der Waals surface area contributed by atoms with Gasteiger partial charge in [0.15, 0.2) is 5.92 Å². The van der Waals surface area contributed by atoms with E-state index < -0.39 is 18.6 Å². The molecule has 1 aromatic rings. The molecule has 0 saturated carbocycles. The van der Waals surface area contributed by atoms with E-state index in [9.17, 15) is 13.2 Å². The maximum absolute atomic E-state index is 12.3. The zero-order valence-electron chi connectivity index (χ0n) is 9.33. The summed E-state index contributed by atoms with van der Waals surface area (Å²) < 4.78 is 36.9. The Hall–Kier alpha value is -2.21. The molecule has 0 fully saturated rings. The third-order valence-corrected chi connectivity index (χ3v) is 2.30. The van der Waals surface area contributed by atoms with Crippen molar-refractivity contribution in [2.45, 2.75) is 12.6 Å². The fraction of sp³-hybridized carbons (Fsp3) is 0.333. The van der Waals surface area contributed by atoms with Crippen LogP contribution in [0, 0.1) is 28.6 Å². The van der Waals surface area contributed by atoms with Crippen LogP contribution >= 0.6 is 0 Å². The highest BCUT2D eigenvalue weighted by Crippen LogP contribution is 2.25. The summed E-state index contributed by atoms with van der Waals surface area (Å²) >= 11 is 0. The predicted molar refractivity (Wildman–Crippen MR) is 59.4 cm³/mol. The molecule has 0 aliphatic heterocycles. The van der Waals surface area contributed by atoms with E-state index in [2.05, 4.69) is 5.32 Å². The monoisotopic (exact) mass is 253 g/mol. The van der Waals surface area contributed by atoms with Crippen molar-refractivity contribution in [2.24, 2.45) is 5.92 Å². The Morgan fingerprint density at radius 1 is 1.17 bits per heavy atom. The molecule has 0 aliphatic carbocycles. The van der Waals surface area contributed by atoms with Crippen molar-refractivity contribution in [1.82, 2.24) is 0 Å². The van der Waals surface area contributed by atoms with Gasteiger partial charge in [-0.25, -0.2) is 0 Å². The first-order valence-electron chi connectivity index (χ1n) is 5.13. The minimum atomic E-state index is -4.53. The maximum atomic E-state index is 12.3. The van der Waals surface area contributed by atoms with Crippen molar-refractivity contribution in [3.05, 3.63) is 29.8 Å². The van der Waals surface area contributed by atoms with Gasteiger partial charge >= 0.3 is 6.18 Å². The normalized spacial score (nSPS) is 12.3. The lowest BCUT2D eigenvalue weighted by Crippen LogP contribution is -2.28. The summed E-state index contributed by atoms with van der Waals surface area (Å²) in [7, 11) is 0. The van der Waals surface area contributed by atoms with Crippen LogP contribution in [0.3, 0.4) is 0 Å². The van der Waals surface area contributed by atoms with Crippen molar-refractivity contribution in [3.63, 3.8) is 0 Å². The summed E-state index contributed by atoms with van der Waals surface area (Å²) in [5.74, 6) is -2.03. The van der Waals surface area contributed by atoms with Gasteiger partial charge in [-0.2, -0.15) is 23.7 Å². The summed E-state index contributed by atoms with van der Waals surface area (Å²) in [6.07, 6.45) is -4.27. The van der Waals surface area contributed by atoms with Crippen molar-refractivity contribution < 1.29 is 13.2 Å². The number of benzene rings is 1. The van der Waals surface area contributed by atoms with E-state index in [0.29, 0.717) is 5.69 Å². The average molecular weight is 253 g/mol. The van der Waals surface area contributed by atoms with Crippen LogP contribution in [0.5, 0.6) is 0 Å². The van der Waals surface area contributed by atoms with Crippen molar-refractivity contribution in [3.8, 4) is 12.1 Å². The van der Waals surface area contributed by atoms with Gasteiger partial charge in [-0.15, -0.1) is 0 Å². The summed E-state index contributed by atoms with van der Waals surface area (Å²) in [5.41, 5.74) is 1.27. The Bertz CT molecular complexity index is 465. The molecule has 1 unspecified atom stereocenters. The van der Waals surface area contributed by atoms with Crippen LogP contribution in [0.15, 0.2) is 24.3 Å². The minimum absolute atomic E-state index is 0.254. The van der Waals surface area contributed by atoms with Gasteiger partial charge in [0.2, 0.25) is 0 Å². The van der Waals surface area contributed by atoms with E-state index in [0.717, 1.165) is 5.56 Å². The van der Waals surface area contributed by atoms with Gasteiger partial charge in [0.05, 0.1) is 18.6 Å². The van der Waals surface area contributed by atoms with Gasteiger partial charge in [0.1, 0.15) is 0 Å². The molecule has 18 heavy (non-hydrogen) atoms. The standard InChI is InChI=1S/C12H10F3N3/c13-12(14,15)10(7-17)8-18-11-3-1-9(2-4-11)5-6-16/h1-4,10,18H,5,8H2. The van der Waals surface area contributed by atoms with Crippen molar-refractivity contribution >= 4 is 5.69 Å². The molecule has 6 heteroatoms. The molecule has 1 rings (SSSR count). The lowest BCUT2D eigenvalue weighted by molar-refractivity contribution is -0.155. The molecular weight excluding hydrogens is 243 g/mol.